The lowest BCUT2D eigenvalue weighted by Crippen LogP contribution is -2.30. The van der Waals surface area contributed by atoms with Gasteiger partial charge in [-0.05, 0) is 30.3 Å². The van der Waals surface area contributed by atoms with Crippen LogP contribution >= 0.6 is 12.4 Å². The van der Waals surface area contributed by atoms with Crippen molar-refractivity contribution in [2.45, 2.75) is 12.6 Å². The van der Waals surface area contributed by atoms with Crippen molar-refractivity contribution in [2.24, 2.45) is 5.92 Å². The van der Waals surface area contributed by atoms with Crippen LogP contribution in [-0.4, -0.2) is 40.6 Å². The summed E-state index contributed by atoms with van der Waals surface area (Å²) in [6.07, 6.45) is 1.45. The summed E-state index contributed by atoms with van der Waals surface area (Å²) in [6.45, 7) is 2.91. The summed E-state index contributed by atoms with van der Waals surface area (Å²) in [5, 5.41) is 20.5. The van der Waals surface area contributed by atoms with Gasteiger partial charge in [-0.2, -0.15) is 5.10 Å². The molecule has 3 rings (SSSR count). The third kappa shape index (κ3) is 3.84. The van der Waals surface area contributed by atoms with Gasteiger partial charge in [-0.1, -0.05) is 0 Å². The van der Waals surface area contributed by atoms with Gasteiger partial charge in [-0.3, -0.25) is 0 Å². The summed E-state index contributed by atoms with van der Waals surface area (Å²) < 4.78 is 14.8. The summed E-state index contributed by atoms with van der Waals surface area (Å²) in [4.78, 5) is 0. The van der Waals surface area contributed by atoms with Crippen molar-refractivity contribution >= 4 is 12.4 Å². The number of hydrogen-bond donors (Lipinski definition) is 3. The van der Waals surface area contributed by atoms with Crippen LogP contribution in [0.2, 0.25) is 0 Å². The summed E-state index contributed by atoms with van der Waals surface area (Å²) in [7, 11) is 0. The standard InChI is InChI=1S/C15H19FN4O.ClH/c16-12-1-3-13(4-2-12)20-14(5-6-19-20)9-17-7-11-8-18-10-15(11)21;/h1-6,11,15,17-18,21H,7-10H2;1H. The van der Waals surface area contributed by atoms with E-state index in [1.54, 1.807) is 23.0 Å². The first kappa shape index (κ1) is 16.9. The first-order chi connectivity index (χ1) is 10.2. The molecule has 1 aromatic carbocycles. The van der Waals surface area contributed by atoms with E-state index in [1.807, 2.05) is 6.07 Å². The second-order valence-corrected chi connectivity index (χ2v) is 5.33. The summed E-state index contributed by atoms with van der Waals surface area (Å²) in [6, 6.07) is 8.19. The Hall–Kier alpha value is -1.47. The number of benzene rings is 1. The topological polar surface area (TPSA) is 62.1 Å². The number of rotatable bonds is 5. The van der Waals surface area contributed by atoms with Crippen molar-refractivity contribution in [2.75, 3.05) is 19.6 Å². The zero-order chi connectivity index (χ0) is 14.7. The summed E-state index contributed by atoms with van der Waals surface area (Å²) in [5.74, 6) is -0.0134. The predicted molar refractivity (Wildman–Crippen MR) is 84.8 cm³/mol. The minimum absolute atomic E-state index is 0. The smallest absolute Gasteiger partial charge is 0.123 e. The fraction of sp³-hybridized carbons (Fsp3) is 0.400. The molecule has 1 aliphatic heterocycles. The molecule has 0 amide bonds. The Labute approximate surface area is 134 Å². The van der Waals surface area contributed by atoms with E-state index in [-0.39, 0.29) is 30.2 Å². The molecule has 2 heterocycles. The molecule has 2 aromatic rings. The fourth-order valence-electron chi connectivity index (χ4n) is 2.59. The highest BCUT2D eigenvalue weighted by molar-refractivity contribution is 5.85. The minimum atomic E-state index is -0.278. The SMILES string of the molecule is Cl.OC1CNCC1CNCc1ccnn1-c1ccc(F)cc1. The Kier molecular flexibility index (Phi) is 5.90. The van der Waals surface area contributed by atoms with Gasteiger partial charge in [-0.15, -0.1) is 12.4 Å². The summed E-state index contributed by atoms with van der Waals surface area (Å²) in [5.41, 5.74) is 1.84. The van der Waals surface area contributed by atoms with Gasteiger partial charge in [0.25, 0.3) is 0 Å². The van der Waals surface area contributed by atoms with E-state index < -0.39 is 0 Å². The van der Waals surface area contributed by atoms with Gasteiger partial charge < -0.3 is 15.7 Å². The molecule has 3 N–H and O–H groups in total. The number of nitrogens with zero attached hydrogens (tertiary/aromatic N) is 2. The van der Waals surface area contributed by atoms with E-state index >= 15 is 0 Å². The first-order valence-corrected chi connectivity index (χ1v) is 7.12. The lowest BCUT2D eigenvalue weighted by atomic mass is 10.1. The van der Waals surface area contributed by atoms with Gasteiger partial charge in [0.1, 0.15) is 5.82 Å². The van der Waals surface area contributed by atoms with Crippen molar-refractivity contribution in [3.05, 3.63) is 48.0 Å². The van der Waals surface area contributed by atoms with Crippen LogP contribution in [0.3, 0.4) is 0 Å². The van der Waals surface area contributed by atoms with Crippen LogP contribution in [0.15, 0.2) is 36.5 Å². The van der Waals surface area contributed by atoms with E-state index in [2.05, 4.69) is 15.7 Å². The average molecular weight is 327 g/mol. The normalized spacial score (nSPS) is 20.8. The molecule has 1 aliphatic rings. The van der Waals surface area contributed by atoms with Gasteiger partial charge in [0.2, 0.25) is 0 Å². The Morgan fingerprint density at radius 3 is 2.73 bits per heavy atom. The maximum Gasteiger partial charge on any atom is 0.123 e. The zero-order valence-electron chi connectivity index (χ0n) is 12.1. The van der Waals surface area contributed by atoms with E-state index in [0.29, 0.717) is 13.1 Å². The number of hydrogen-bond acceptors (Lipinski definition) is 4. The Morgan fingerprint density at radius 1 is 1.27 bits per heavy atom. The monoisotopic (exact) mass is 326 g/mol. The van der Waals surface area contributed by atoms with Crippen molar-refractivity contribution in [1.29, 1.82) is 0 Å². The van der Waals surface area contributed by atoms with Crippen molar-refractivity contribution in [1.82, 2.24) is 20.4 Å². The van der Waals surface area contributed by atoms with Crippen LogP contribution in [0.25, 0.3) is 5.69 Å². The molecule has 5 nitrogen and oxygen atoms in total. The number of β-amino-alcohol motifs (C(OH)–C–C–N with tert-alkyl or cyclic N) is 1. The number of halogens is 2. The van der Waals surface area contributed by atoms with Crippen LogP contribution < -0.4 is 10.6 Å². The molecular formula is C15H20ClFN4O. The molecule has 2 unspecified atom stereocenters. The second kappa shape index (κ2) is 7.69. The molecule has 0 bridgehead atoms. The van der Waals surface area contributed by atoms with Gasteiger partial charge in [0.05, 0.1) is 17.5 Å². The highest BCUT2D eigenvalue weighted by Gasteiger charge is 2.24. The summed E-state index contributed by atoms with van der Waals surface area (Å²) >= 11 is 0. The third-order valence-corrected chi connectivity index (χ3v) is 3.81. The molecule has 1 aromatic heterocycles. The van der Waals surface area contributed by atoms with E-state index in [1.165, 1.54) is 12.1 Å². The van der Waals surface area contributed by atoms with Crippen LogP contribution in [0.5, 0.6) is 0 Å². The molecule has 0 spiro atoms. The van der Waals surface area contributed by atoms with Gasteiger partial charge in [-0.25, -0.2) is 9.07 Å². The molecule has 2 atom stereocenters. The van der Waals surface area contributed by atoms with Gasteiger partial charge >= 0.3 is 0 Å². The minimum Gasteiger partial charge on any atom is -0.391 e. The van der Waals surface area contributed by atoms with Gasteiger partial charge in [0.15, 0.2) is 0 Å². The van der Waals surface area contributed by atoms with Gasteiger partial charge in [0, 0.05) is 38.3 Å². The van der Waals surface area contributed by atoms with Crippen LogP contribution in [0, 0.1) is 11.7 Å². The Balaban J connectivity index is 0.00000176. The van der Waals surface area contributed by atoms with Crippen LogP contribution in [-0.2, 0) is 6.54 Å². The third-order valence-electron chi connectivity index (χ3n) is 3.81. The Bertz CT molecular complexity index is 589. The Morgan fingerprint density at radius 2 is 2.05 bits per heavy atom. The molecule has 120 valence electrons. The lowest BCUT2D eigenvalue weighted by Gasteiger charge is -2.14. The molecule has 1 fully saturated rings. The molecular weight excluding hydrogens is 307 g/mol. The molecule has 0 radical (unpaired) electrons. The average Bonchev–Trinajstić information content (AvgIpc) is 3.10. The number of nitrogens with one attached hydrogen (secondary N) is 2. The molecule has 0 saturated carbocycles. The van der Waals surface area contributed by atoms with Crippen molar-refractivity contribution in [3.63, 3.8) is 0 Å². The highest BCUT2D eigenvalue weighted by atomic mass is 35.5. The highest BCUT2D eigenvalue weighted by Crippen LogP contribution is 2.12. The predicted octanol–water partition coefficient (Wildman–Crippen LogP) is 1.10. The van der Waals surface area contributed by atoms with E-state index in [9.17, 15) is 9.50 Å². The largest absolute Gasteiger partial charge is 0.391 e. The molecule has 1 saturated heterocycles. The maximum absolute atomic E-state index is 13.0. The number of aliphatic hydroxyl groups excluding tert-OH is 1. The van der Waals surface area contributed by atoms with Crippen molar-refractivity contribution < 1.29 is 9.50 Å². The number of aliphatic hydroxyl groups is 1. The first-order valence-electron chi connectivity index (χ1n) is 7.12. The molecule has 22 heavy (non-hydrogen) atoms. The molecule has 7 heteroatoms. The maximum atomic E-state index is 13.0. The van der Waals surface area contributed by atoms with Crippen LogP contribution in [0.4, 0.5) is 4.39 Å². The molecule has 0 aliphatic carbocycles. The lowest BCUT2D eigenvalue weighted by molar-refractivity contribution is 0.146. The van der Waals surface area contributed by atoms with E-state index in [4.69, 9.17) is 0 Å². The number of aromatic nitrogens is 2. The van der Waals surface area contributed by atoms with Crippen molar-refractivity contribution in [3.8, 4) is 5.69 Å². The quantitative estimate of drug-likeness (QED) is 0.770. The van der Waals surface area contributed by atoms with Crippen LogP contribution in [0.1, 0.15) is 5.69 Å². The fourth-order valence-corrected chi connectivity index (χ4v) is 2.59. The zero-order valence-corrected chi connectivity index (χ0v) is 12.9. The van der Waals surface area contributed by atoms with E-state index in [0.717, 1.165) is 24.5 Å². The second-order valence-electron chi connectivity index (χ2n) is 5.33.